The molecule has 1 aliphatic heterocycles. The van der Waals surface area contributed by atoms with Crippen LogP contribution < -0.4 is 5.32 Å². The van der Waals surface area contributed by atoms with Crippen molar-refractivity contribution in [3.63, 3.8) is 0 Å². The van der Waals surface area contributed by atoms with E-state index in [9.17, 15) is 4.79 Å². The fourth-order valence-corrected chi connectivity index (χ4v) is 2.67. The van der Waals surface area contributed by atoms with E-state index in [1.807, 2.05) is 0 Å². The molecule has 1 aromatic heterocycles. The highest BCUT2D eigenvalue weighted by Gasteiger charge is 2.34. The third kappa shape index (κ3) is 2.70. The van der Waals surface area contributed by atoms with Crippen molar-refractivity contribution in [2.24, 2.45) is 5.92 Å². The van der Waals surface area contributed by atoms with Gasteiger partial charge in [-0.3, -0.25) is 9.69 Å². The number of nitrogens with zero attached hydrogens (tertiary/aromatic N) is 3. The predicted octanol–water partition coefficient (Wildman–Crippen LogP) is 1.41. The van der Waals surface area contributed by atoms with E-state index in [1.54, 1.807) is 0 Å². The number of carbonyl (C=O) groups is 1. The van der Waals surface area contributed by atoms with E-state index in [0.29, 0.717) is 23.8 Å². The van der Waals surface area contributed by atoms with Gasteiger partial charge in [0.1, 0.15) is 0 Å². The van der Waals surface area contributed by atoms with E-state index in [2.05, 4.69) is 41.2 Å². The van der Waals surface area contributed by atoms with Gasteiger partial charge in [-0.05, 0) is 32.6 Å². The highest BCUT2D eigenvalue weighted by Crippen LogP contribution is 2.38. The lowest BCUT2D eigenvalue weighted by atomic mass is 10.1. The molecule has 0 aromatic carbocycles. The summed E-state index contributed by atoms with van der Waals surface area (Å²) in [5.74, 6) is 1.28. The molecule has 110 valence electrons. The molecular formula is C14H22N4O2. The largest absolute Gasteiger partial charge is 0.417 e. The number of hydrogen-bond acceptors (Lipinski definition) is 5. The summed E-state index contributed by atoms with van der Waals surface area (Å²) in [5.41, 5.74) is 0. The molecule has 1 N–H and O–H groups in total. The van der Waals surface area contributed by atoms with Gasteiger partial charge in [0, 0.05) is 31.1 Å². The van der Waals surface area contributed by atoms with Crippen LogP contribution in [0.5, 0.6) is 0 Å². The van der Waals surface area contributed by atoms with E-state index in [1.165, 1.54) is 0 Å². The summed E-state index contributed by atoms with van der Waals surface area (Å²) >= 11 is 0. The van der Waals surface area contributed by atoms with Crippen LogP contribution in [0.25, 0.3) is 0 Å². The Hall–Kier alpha value is -1.43. The van der Waals surface area contributed by atoms with Crippen LogP contribution in [0.15, 0.2) is 4.42 Å². The van der Waals surface area contributed by atoms with Gasteiger partial charge in [0.15, 0.2) is 0 Å². The smallest absolute Gasteiger partial charge is 0.309 e. The van der Waals surface area contributed by atoms with Crippen molar-refractivity contribution in [1.29, 1.82) is 0 Å². The van der Waals surface area contributed by atoms with Gasteiger partial charge in [-0.15, -0.1) is 10.2 Å². The van der Waals surface area contributed by atoms with Crippen molar-refractivity contribution in [3.05, 3.63) is 11.8 Å². The number of aromatic nitrogens is 2. The van der Waals surface area contributed by atoms with Crippen molar-refractivity contribution >= 4 is 5.91 Å². The molecule has 1 saturated heterocycles. The van der Waals surface area contributed by atoms with Gasteiger partial charge in [-0.2, -0.15) is 0 Å². The number of likely N-dealkylation sites (tertiary alicyclic amines) is 1. The average molecular weight is 278 g/mol. The molecule has 2 atom stereocenters. The maximum absolute atomic E-state index is 12.2. The number of carbonyl (C=O) groups excluding carboxylic acids is 1. The fraction of sp³-hybridized carbons (Fsp3) is 0.786. The first-order chi connectivity index (χ1) is 9.54. The normalized spacial score (nSPS) is 27.2. The van der Waals surface area contributed by atoms with Crippen molar-refractivity contribution in [3.8, 4) is 0 Å². The minimum absolute atomic E-state index is 0.0992. The summed E-state index contributed by atoms with van der Waals surface area (Å²) in [7, 11) is 0. The zero-order valence-electron chi connectivity index (χ0n) is 12.3. The molecule has 2 heterocycles. The molecule has 1 saturated carbocycles. The Balaban J connectivity index is 1.60. The summed E-state index contributed by atoms with van der Waals surface area (Å²) in [6.07, 6.45) is 2.18. The third-order valence-electron chi connectivity index (χ3n) is 4.25. The molecule has 6 heteroatoms. The first-order valence-corrected chi connectivity index (χ1v) is 7.43. The third-order valence-corrected chi connectivity index (χ3v) is 4.25. The van der Waals surface area contributed by atoms with Crippen LogP contribution >= 0.6 is 0 Å². The Morgan fingerprint density at radius 1 is 1.35 bits per heavy atom. The molecule has 0 spiro atoms. The molecule has 1 aromatic rings. The molecule has 20 heavy (non-hydrogen) atoms. The monoisotopic (exact) mass is 278 g/mol. The minimum Gasteiger partial charge on any atom is -0.417 e. The highest BCUT2D eigenvalue weighted by molar-refractivity contribution is 5.89. The second-order valence-electron chi connectivity index (χ2n) is 6.32. The lowest BCUT2D eigenvalue weighted by molar-refractivity contribution is 0.0893. The van der Waals surface area contributed by atoms with Gasteiger partial charge in [0.25, 0.3) is 0 Å². The van der Waals surface area contributed by atoms with Gasteiger partial charge in [0.05, 0.1) is 0 Å². The zero-order chi connectivity index (χ0) is 14.3. The van der Waals surface area contributed by atoms with Gasteiger partial charge in [-0.25, -0.2) is 0 Å². The summed E-state index contributed by atoms with van der Waals surface area (Å²) in [6.45, 7) is 8.42. The molecule has 3 rings (SSSR count). The Kier molecular flexibility index (Phi) is 3.50. The van der Waals surface area contributed by atoms with Gasteiger partial charge < -0.3 is 9.73 Å². The Labute approximate surface area is 118 Å². The fourth-order valence-electron chi connectivity index (χ4n) is 2.67. The van der Waals surface area contributed by atoms with Crippen LogP contribution in [0, 0.1) is 5.92 Å². The molecule has 1 amide bonds. The van der Waals surface area contributed by atoms with Crippen molar-refractivity contribution in [2.45, 2.75) is 51.6 Å². The Bertz CT molecular complexity index is 495. The molecule has 1 aliphatic carbocycles. The van der Waals surface area contributed by atoms with Crippen LogP contribution in [0.1, 0.15) is 56.1 Å². The van der Waals surface area contributed by atoms with Crippen molar-refractivity contribution in [2.75, 3.05) is 13.1 Å². The molecule has 0 unspecified atom stereocenters. The Morgan fingerprint density at radius 3 is 2.70 bits per heavy atom. The molecular weight excluding hydrogens is 256 g/mol. The van der Waals surface area contributed by atoms with Crippen molar-refractivity contribution < 1.29 is 9.21 Å². The van der Waals surface area contributed by atoms with E-state index in [0.717, 1.165) is 25.9 Å². The molecule has 2 fully saturated rings. The highest BCUT2D eigenvalue weighted by atomic mass is 16.4. The average Bonchev–Trinajstić information content (AvgIpc) is 3.01. The van der Waals surface area contributed by atoms with Gasteiger partial charge in [-0.1, -0.05) is 6.92 Å². The lowest BCUT2D eigenvalue weighted by Crippen LogP contribution is -2.40. The first kappa shape index (κ1) is 13.5. The number of hydrogen-bond donors (Lipinski definition) is 1. The van der Waals surface area contributed by atoms with Crippen LogP contribution in [0.2, 0.25) is 0 Å². The van der Waals surface area contributed by atoms with E-state index in [4.69, 9.17) is 4.42 Å². The van der Waals surface area contributed by atoms with Gasteiger partial charge in [0.2, 0.25) is 5.89 Å². The van der Waals surface area contributed by atoms with Crippen LogP contribution in [-0.4, -0.2) is 46.2 Å². The number of amides is 1. The van der Waals surface area contributed by atoms with Crippen molar-refractivity contribution in [1.82, 2.24) is 20.4 Å². The second kappa shape index (κ2) is 5.16. The van der Waals surface area contributed by atoms with Crippen LogP contribution in [0.3, 0.4) is 0 Å². The summed E-state index contributed by atoms with van der Waals surface area (Å²) in [4.78, 5) is 14.5. The van der Waals surface area contributed by atoms with E-state index >= 15 is 0 Å². The number of nitrogens with one attached hydrogen (secondary N) is 1. The maximum atomic E-state index is 12.2. The van der Waals surface area contributed by atoms with Crippen LogP contribution in [-0.2, 0) is 0 Å². The zero-order valence-corrected chi connectivity index (χ0v) is 12.3. The first-order valence-electron chi connectivity index (χ1n) is 7.43. The molecule has 0 radical (unpaired) electrons. The van der Waals surface area contributed by atoms with Crippen LogP contribution in [0.4, 0.5) is 0 Å². The standard InChI is InChI=1S/C14H22N4O2/c1-8(2)18-6-9(3)11(7-18)15-12(19)14-17-16-13(20-14)10-4-5-10/h8-11H,4-7H2,1-3H3,(H,15,19)/t9-,11-/m0/s1. The molecule has 0 bridgehead atoms. The summed E-state index contributed by atoms with van der Waals surface area (Å²) in [5, 5.41) is 10.8. The van der Waals surface area contributed by atoms with E-state index in [-0.39, 0.29) is 17.8 Å². The lowest BCUT2D eigenvalue weighted by Gasteiger charge is -2.20. The SMILES string of the molecule is CC(C)N1C[C@H](NC(=O)c2nnc(C3CC3)o2)[C@@H](C)C1. The minimum atomic E-state index is -0.244. The van der Waals surface area contributed by atoms with Gasteiger partial charge >= 0.3 is 11.8 Å². The topological polar surface area (TPSA) is 71.3 Å². The second-order valence-corrected chi connectivity index (χ2v) is 6.32. The quantitative estimate of drug-likeness (QED) is 0.901. The Morgan fingerprint density at radius 2 is 2.10 bits per heavy atom. The maximum Gasteiger partial charge on any atom is 0.309 e. The summed E-state index contributed by atoms with van der Waals surface area (Å²) < 4.78 is 5.44. The van der Waals surface area contributed by atoms with E-state index < -0.39 is 0 Å². The predicted molar refractivity (Wildman–Crippen MR) is 73.4 cm³/mol. The number of rotatable bonds is 4. The summed E-state index contributed by atoms with van der Waals surface area (Å²) in [6, 6.07) is 0.658. The molecule has 6 nitrogen and oxygen atoms in total. The molecule has 2 aliphatic rings.